The third-order valence-corrected chi connectivity index (χ3v) is 5.85. The van der Waals surface area contributed by atoms with Gasteiger partial charge in [-0.3, -0.25) is 9.10 Å². The molecule has 0 unspecified atom stereocenters. The highest BCUT2D eigenvalue weighted by Gasteiger charge is 2.29. The number of rotatable bonds is 11. The summed E-state index contributed by atoms with van der Waals surface area (Å²) < 4.78 is 36.8. The maximum Gasteiger partial charge on any atom is 0.243 e. The highest BCUT2D eigenvalue weighted by molar-refractivity contribution is 7.92. The molecule has 0 aliphatic heterocycles. The molecule has 0 fully saturated rings. The van der Waals surface area contributed by atoms with Crippen molar-refractivity contribution in [3.05, 3.63) is 54.1 Å². The van der Waals surface area contributed by atoms with Crippen LogP contribution in [0.4, 0.5) is 5.69 Å². The van der Waals surface area contributed by atoms with Gasteiger partial charge in [-0.2, -0.15) is 0 Å². The Kier molecular flexibility index (Phi) is 8.74. The minimum atomic E-state index is -3.67. The molecule has 0 aromatic heterocycles. The predicted molar refractivity (Wildman–Crippen MR) is 123 cm³/mol. The number of ether oxygens (including phenoxy) is 2. The summed E-state index contributed by atoms with van der Waals surface area (Å²) in [5.74, 6) is 0.986. The third-order valence-electron chi connectivity index (χ3n) is 4.61. The highest BCUT2D eigenvalue weighted by atomic mass is 32.2. The predicted octanol–water partition coefficient (Wildman–Crippen LogP) is 3.39. The number of hydrogen-bond acceptors (Lipinski definition) is 5. The summed E-state index contributed by atoms with van der Waals surface area (Å²) >= 11 is 0. The molecule has 31 heavy (non-hydrogen) atoms. The van der Waals surface area contributed by atoms with Gasteiger partial charge in [0.1, 0.15) is 17.5 Å². The zero-order chi connectivity index (χ0) is 23.0. The lowest BCUT2D eigenvalue weighted by Crippen LogP contribution is -2.48. The Morgan fingerprint density at radius 1 is 1.06 bits per heavy atom. The van der Waals surface area contributed by atoms with E-state index in [1.54, 1.807) is 31.2 Å². The zero-order valence-corrected chi connectivity index (χ0v) is 19.6. The van der Waals surface area contributed by atoms with Crippen LogP contribution in [0.1, 0.15) is 32.8 Å². The van der Waals surface area contributed by atoms with Crippen LogP contribution in [0.2, 0.25) is 0 Å². The van der Waals surface area contributed by atoms with E-state index >= 15 is 0 Å². The van der Waals surface area contributed by atoms with Gasteiger partial charge < -0.3 is 14.8 Å². The normalized spacial score (nSPS) is 12.3. The number of hydrogen-bond donors (Lipinski definition) is 1. The summed E-state index contributed by atoms with van der Waals surface area (Å²) in [6.07, 6.45) is 2.69. The molecule has 0 radical (unpaired) electrons. The number of methoxy groups -OCH3 is 1. The molecule has 7 nitrogen and oxygen atoms in total. The summed E-state index contributed by atoms with van der Waals surface area (Å²) in [5.41, 5.74) is 1.50. The number of amides is 1. The van der Waals surface area contributed by atoms with Crippen LogP contribution in [0.15, 0.2) is 48.5 Å². The van der Waals surface area contributed by atoms with E-state index in [0.717, 1.165) is 34.7 Å². The number of anilines is 1. The van der Waals surface area contributed by atoms with Crippen LogP contribution in [-0.2, 0) is 21.2 Å². The third kappa shape index (κ3) is 7.47. The number of nitrogens with one attached hydrogen (secondary N) is 1. The molecule has 1 atom stereocenters. The summed E-state index contributed by atoms with van der Waals surface area (Å²) in [5, 5.41) is 2.84. The van der Waals surface area contributed by atoms with E-state index in [1.807, 2.05) is 38.1 Å². The molecule has 0 spiro atoms. The van der Waals surface area contributed by atoms with E-state index in [2.05, 4.69) is 5.32 Å². The van der Waals surface area contributed by atoms with E-state index in [0.29, 0.717) is 18.0 Å². The van der Waals surface area contributed by atoms with Crippen LogP contribution in [0.5, 0.6) is 11.5 Å². The Balaban J connectivity index is 1.97. The molecule has 0 heterocycles. The number of nitrogens with zero attached hydrogens (tertiary/aromatic N) is 1. The Morgan fingerprint density at radius 3 is 2.39 bits per heavy atom. The average molecular weight is 449 g/mol. The first-order chi connectivity index (χ1) is 14.6. The molecule has 8 heteroatoms. The molecule has 1 N–H and O–H groups in total. The number of carbonyl (C=O) groups excluding carboxylic acids is 1. The number of carbonyl (C=O) groups is 1. The number of aryl methyl sites for hydroxylation is 1. The minimum absolute atomic E-state index is 0.110. The molecule has 2 aromatic rings. The van der Waals surface area contributed by atoms with Crippen molar-refractivity contribution in [1.82, 2.24) is 5.32 Å². The highest BCUT2D eigenvalue weighted by Crippen LogP contribution is 2.25. The molecule has 0 saturated carbocycles. The lowest BCUT2D eigenvalue weighted by Gasteiger charge is -2.28. The van der Waals surface area contributed by atoms with Crippen molar-refractivity contribution in [2.45, 2.75) is 45.8 Å². The summed E-state index contributed by atoms with van der Waals surface area (Å²) in [4.78, 5) is 12.7. The fraction of sp³-hybridized carbons (Fsp3) is 0.435. The maximum atomic E-state index is 12.7. The Morgan fingerprint density at radius 2 is 1.74 bits per heavy atom. The zero-order valence-electron chi connectivity index (χ0n) is 18.8. The fourth-order valence-electron chi connectivity index (χ4n) is 3.25. The molecule has 0 aliphatic carbocycles. The standard InChI is InChI=1S/C23H32N2O5S/c1-17(2)30-22-13-6-9-19(15-22)10-8-14-24-23(26)18(3)25(31(5,27)28)20-11-7-12-21(16-20)29-4/h6-7,9,11-13,15-18H,8,10,14H2,1-5H3,(H,24,26)/t18-/m0/s1. The van der Waals surface area contributed by atoms with Crippen LogP contribution in [0.25, 0.3) is 0 Å². The molecule has 2 aromatic carbocycles. The first-order valence-corrected chi connectivity index (χ1v) is 12.1. The van der Waals surface area contributed by atoms with Gasteiger partial charge in [0.15, 0.2) is 0 Å². The van der Waals surface area contributed by atoms with Crippen molar-refractivity contribution in [1.29, 1.82) is 0 Å². The lowest BCUT2D eigenvalue weighted by atomic mass is 10.1. The van der Waals surface area contributed by atoms with Crippen molar-refractivity contribution >= 4 is 21.6 Å². The summed E-state index contributed by atoms with van der Waals surface area (Å²) in [6, 6.07) is 13.6. The summed E-state index contributed by atoms with van der Waals surface area (Å²) in [7, 11) is -2.17. The van der Waals surface area contributed by atoms with Gasteiger partial charge in [-0.1, -0.05) is 18.2 Å². The quantitative estimate of drug-likeness (QED) is 0.533. The van der Waals surface area contributed by atoms with Crippen molar-refractivity contribution in [2.24, 2.45) is 0 Å². The molecular weight excluding hydrogens is 416 g/mol. The van der Waals surface area contributed by atoms with Crippen LogP contribution >= 0.6 is 0 Å². The lowest BCUT2D eigenvalue weighted by molar-refractivity contribution is -0.121. The minimum Gasteiger partial charge on any atom is -0.497 e. The van der Waals surface area contributed by atoms with Gasteiger partial charge in [-0.15, -0.1) is 0 Å². The van der Waals surface area contributed by atoms with Gasteiger partial charge in [-0.05, 0) is 63.4 Å². The topological polar surface area (TPSA) is 84.9 Å². The maximum absolute atomic E-state index is 12.7. The van der Waals surface area contributed by atoms with Gasteiger partial charge in [0, 0.05) is 12.6 Å². The van der Waals surface area contributed by atoms with E-state index in [1.165, 1.54) is 7.11 Å². The first-order valence-electron chi connectivity index (χ1n) is 10.3. The fourth-order valence-corrected chi connectivity index (χ4v) is 4.42. The van der Waals surface area contributed by atoms with E-state index < -0.39 is 16.1 Å². The van der Waals surface area contributed by atoms with Crippen molar-refractivity contribution in [2.75, 3.05) is 24.2 Å². The van der Waals surface area contributed by atoms with Crippen molar-refractivity contribution in [3.8, 4) is 11.5 Å². The SMILES string of the molecule is COc1cccc(N([C@@H](C)C(=O)NCCCc2cccc(OC(C)C)c2)S(C)(=O)=O)c1. The average Bonchev–Trinajstić information content (AvgIpc) is 2.70. The van der Waals surface area contributed by atoms with Crippen molar-refractivity contribution < 1.29 is 22.7 Å². The van der Waals surface area contributed by atoms with Crippen LogP contribution in [-0.4, -0.2) is 46.4 Å². The first kappa shape index (κ1) is 24.5. The largest absolute Gasteiger partial charge is 0.497 e. The Labute approximate surface area is 185 Å². The smallest absolute Gasteiger partial charge is 0.243 e. The van der Waals surface area contributed by atoms with Gasteiger partial charge in [0.05, 0.1) is 25.2 Å². The second-order valence-electron chi connectivity index (χ2n) is 7.64. The van der Waals surface area contributed by atoms with Crippen LogP contribution in [0.3, 0.4) is 0 Å². The number of benzene rings is 2. The molecule has 0 saturated heterocycles. The van der Waals surface area contributed by atoms with Crippen LogP contribution in [0, 0.1) is 0 Å². The van der Waals surface area contributed by atoms with Gasteiger partial charge in [-0.25, -0.2) is 8.42 Å². The second kappa shape index (κ2) is 11.0. The van der Waals surface area contributed by atoms with Gasteiger partial charge in [0.2, 0.25) is 15.9 Å². The van der Waals surface area contributed by atoms with E-state index in [4.69, 9.17) is 9.47 Å². The second-order valence-corrected chi connectivity index (χ2v) is 9.50. The number of sulfonamides is 1. The molecule has 170 valence electrons. The molecular formula is C23H32N2O5S. The van der Waals surface area contributed by atoms with Gasteiger partial charge >= 0.3 is 0 Å². The van der Waals surface area contributed by atoms with Gasteiger partial charge in [0.25, 0.3) is 0 Å². The van der Waals surface area contributed by atoms with Crippen LogP contribution < -0.4 is 19.1 Å². The molecule has 0 aliphatic rings. The van der Waals surface area contributed by atoms with Crippen molar-refractivity contribution in [3.63, 3.8) is 0 Å². The Hall–Kier alpha value is -2.74. The molecule has 2 rings (SSSR count). The Bertz CT molecular complexity index is 975. The summed E-state index contributed by atoms with van der Waals surface area (Å²) in [6.45, 7) is 5.97. The molecule has 0 bridgehead atoms. The van der Waals surface area contributed by atoms with E-state index in [9.17, 15) is 13.2 Å². The monoisotopic (exact) mass is 448 g/mol. The molecule has 1 amide bonds. The van der Waals surface area contributed by atoms with E-state index in [-0.39, 0.29) is 12.0 Å².